The Balaban J connectivity index is 1.66. The average molecular weight is 340 g/mol. The summed E-state index contributed by atoms with van der Waals surface area (Å²) in [7, 11) is 1.93. The quantitative estimate of drug-likeness (QED) is 0.862. The van der Waals surface area contributed by atoms with Crippen LogP contribution in [0, 0.1) is 20.8 Å². The molecule has 1 amide bonds. The van der Waals surface area contributed by atoms with Gasteiger partial charge in [-0.25, -0.2) is 0 Å². The summed E-state index contributed by atoms with van der Waals surface area (Å²) >= 11 is 0. The third kappa shape index (κ3) is 3.46. The molecule has 2 aromatic rings. The van der Waals surface area contributed by atoms with Crippen molar-refractivity contribution in [1.29, 1.82) is 0 Å². The van der Waals surface area contributed by atoms with Crippen molar-refractivity contribution in [3.05, 3.63) is 46.5 Å². The molecule has 0 radical (unpaired) electrons. The minimum absolute atomic E-state index is 0.133. The molecule has 3 rings (SSSR count). The number of carbonyl (C=O) groups is 1. The van der Waals surface area contributed by atoms with Gasteiger partial charge in [0.05, 0.1) is 11.6 Å². The normalized spacial score (nSPS) is 16.9. The van der Waals surface area contributed by atoms with Crippen LogP contribution in [-0.2, 0) is 11.8 Å². The summed E-state index contributed by atoms with van der Waals surface area (Å²) in [6, 6.07) is 4.25. The van der Waals surface area contributed by atoms with Gasteiger partial charge in [-0.3, -0.25) is 14.5 Å². The number of carbonyl (C=O) groups excluding carboxylic acids is 1. The summed E-state index contributed by atoms with van der Waals surface area (Å²) in [6.45, 7) is 9.68. The zero-order valence-electron chi connectivity index (χ0n) is 15.9. The number of pyridine rings is 1. The lowest BCUT2D eigenvalue weighted by Gasteiger charge is -2.34. The molecule has 0 aromatic carbocycles. The highest BCUT2D eigenvalue weighted by molar-refractivity contribution is 5.84. The molecule has 1 saturated heterocycles. The number of aromatic nitrogens is 3. The van der Waals surface area contributed by atoms with Crippen molar-refractivity contribution in [2.45, 2.75) is 52.4 Å². The first kappa shape index (κ1) is 17.6. The van der Waals surface area contributed by atoms with Crippen LogP contribution in [-0.4, -0.2) is 38.7 Å². The van der Waals surface area contributed by atoms with Crippen molar-refractivity contribution in [2.24, 2.45) is 7.05 Å². The van der Waals surface area contributed by atoms with E-state index in [9.17, 15) is 4.79 Å². The van der Waals surface area contributed by atoms with Crippen molar-refractivity contribution in [3.63, 3.8) is 0 Å². The maximum absolute atomic E-state index is 13.0. The molecule has 3 heterocycles. The van der Waals surface area contributed by atoms with Crippen LogP contribution in [0.15, 0.2) is 18.3 Å². The van der Waals surface area contributed by atoms with E-state index < -0.39 is 0 Å². The van der Waals surface area contributed by atoms with E-state index in [0.717, 1.165) is 48.6 Å². The molecule has 0 N–H and O–H groups in total. The predicted octanol–water partition coefficient (Wildman–Crippen LogP) is 3.25. The number of likely N-dealkylation sites (tertiary alicyclic amines) is 1. The van der Waals surface area contributed by atoms with Gasteiger partial charge in [-0.05, 0) is 58.1 Å². The van der Waals surface area contributed by atoms with E-state index in [1.54, 1.807) is 0 Å². The van der Waals surface area contributed by atoms with Gasteiger partial charge in [-0.1, -0.05) is 6.07 Å². The number of piperidine rings is 1. The van der Waals surface area contributed by atoms with Crippen molar-refractivity contribution >= 4 is 5.91 Å². The molecule has 0 bridgehead atoms. The largest absolute Gasteiger partial charge is 0.342 e. The molecule has 134 valence electrons. The highest BCUT2D eigenvalue weighted by Gasteiger charge is 2.30. The van der Waals surface area contributed by atoms with E-state index in [1.807, 2.05) is 50.5 Å². The first-order chi connectivity index (χ1) is 11.9. The van der Waals surface area contributed by atoms with Gasteiger partial charge in [-0.2, -0.15) is 5.10 Å². The standard InChI is InChI=1S/C20H28N4O/c1-13-6-7-18(12-21-13)17-8-10-24(11-9-17)20(25)14(2)19-15(3)22-23(5)16(19)4/h6-7,12,14,17H,8-11H2,1-5H3. The molecule has 25 heavy (non-hydrogen) atoms. The van der Waals surface area contributed by atoms with Crippen LogP contribution in [0.4, 0.5) is 0 Å². The number of rotatable bonds is 3. The Hall–Kier alpha value is -2.17. The lowest BCUT2D eigenvalue weighted by molar-refractivity contribution is -0.133. The van der Waals surface area contributed by atoms with Gasteiger partial charge < -0.3 is 4.90 Å². The second kappa shape index (κ2) is 6.98. The first-order valence-electron chi connectivity index (χ1n) is 9.10. The topological polar surface area (TPSA) is 51.0 Å². The van der Waals surface area contributed by atoms with Crippen LogP contribution < -0.4 is 0 Å². The molecule has 1 aliphatic rings. The van der Waals surface area contributed by atoms with Crippen LogP contribution in [0.25, 0.3) is 0 Å². The molecular weight excluding hydrogens is 312 g/mol. The number of hydrogen-bond acceptors (Lipinski definition) is 3. The molecule has 1 unspecified atom stereocenters. The third-order valence-corrected chi connectivity index (χ3v) is 5.58. The lowest BCUT2D eigenvalue weighted by Crippen LogP contribution is -2.40. The molecular formula is C20H28N4O. The van der Waals surface area contributed by atoms with E-state index in [-0.39, 0.29) is 11.8 Å². The second-order valence-corrected chi connectivity index (χ2v) is 7.26. The van der Waals surface area contributed by atoms with Crippen molar-refractivity contribution in [3.8, 4) is 0 Å². The maximum atomic E-state index is 13.0. The molecule has 2 aromatic heterocycles. The minimum atomic E-state index is -0.133. The van der Waals surface area contributed by atoms with Gasteiger partial charge in [0.25, 0.3) is 0 Å². The molecule has 0 aliphatic carbocycles. The number of hydrogen-bond donors (Lipinski definition) is 0. The molecule has 1 aliphatic heterocycles. The zero-order chi connectivity index (χ0) is 18.1. The van der Waals surface area contributed by atoms with E-state index in [2.05, 4.69) is 22.2 Å². The summed E-state index contributed by atoms with van der Waals surface area (Å²) in [6.07, 6.45) is 4.00. The fourth-order valence-electron chi connectivity index (χ4n) is 3.97. The molecule has 5 heteroatoms. The Kier molecular flexibility index (Phi) is 4.93. The van der Waals surface area contributed by atoms with Crippen molar-refractivity contribution in [1.82, 2.24) is 19.7 Å². The summed E-state index contributed by atoms with van der Waals surface area (Å²) in [5.41, 5.74) is 5.47. The summed E-state index contributed by atoms with van der Waals surface area (Å²) in [5, 5.41) is 4.46. The Bertz CT molecular complexity index is 755. The van der Waals surface area contributed by atoms with E-state index in [4.69, 9.17) is 0 Å². The summed E-state index contributed by atoms with van der Waals surface area (Å²) < 4.78 is 1.87. The minimum Gasteiger partial charge on any atom is -0.342 e. The van der Waals surface area contributed by atoms with Gasteiger partial charge in [0.1, 0.15) is 0 Å². The number of aryl methyl sites for hydroxylation is 3. The van der Waals surface area contributed by atoms with Crippen molar-refractivity contribution in [2.75, 3.05) is 13.1 Å². The van der Waals surface area contributed by atoms with Gasteiger partial charge in [0.2, 0.25) is 5.91 Å². The molecule has 0 spiro atoms. The molecule has 1 fully saturated rings. The van der Waals surface area contributed by atoms with Crippen LogP contribution in [0.2, 0.25) is 0 Å². The van der Waals surface area contributed by atoms with E-state index in [1.165, 1.54) is 5.56 Å². The van der Waals surface area contributed by atoms with Gasteiger partial charge in [0.15, 0.2) is 0 Å². The smallest absolute Gasteiger partial charge is 0.229 e. The van der Waals surface area contributed by atoms with Crippen LogP contribution >= 0.6 is 0 Å². The first-order valence-corrected chi connectivity index (χ1v) is 9.10. The Morgan fingerprint density at radius 1 is 1.20 bits per heavy atom. The monoisotopic (exact) mass is 340 g/mol. The van der Waals surface area contributed by atoms with Gasteiger partial charge in [-0.15, -0.1) is 0 Å². The van der Waals surface area contributed by atoms with Gasteiger partial charge in [0, 0.05) is 43.3 Å². The maximum Gasteiger partial charge on any atom is 0.229 e. The molecule has 5 nitrogen and oxygen atoms in total. The highest BCUT2D eigenvalue weighted by atomic mass is 16.2. The zero-order valence-corrected chi connectivity index (χ0v) is 15.9. The Morgan fingerprint density at radius 2 is 1.88 bits per heavy atom. The molecule has 1 atom stereocenters. The fraction of sp³-hybridized carbons (Fsp3) is 0.550. The Morgan fingerprint density at radius 3 is 2.40 bits per heavy atom. The Labute approximate surface area is 150 Å². The predicted molar refractivity (Wildman–Crippen MR) is 98.6 cm³/mol. The molecule has 0 saturated carbocycles. The van der Waals surface area contributed by atoms with Crippen LogP contribution in [0.3, 0.4) is 0 Å². The van der Waals surface area contributed by atoms with Gasteiger partial charge >= 0.3 is 0 Å². The third-order valence-electron chi connectivity index (χ3n) is 5.58. The summed E-state index contributed by atoms with van der Waals surface area (Å²) in [5.74, 6) is 0.597. The number of amides is 1. The second-order valence-electron chi connectivity index (χ2n) is 7.26. The SMILES string of the molecule is Cc1ccc(C2CCN(C(=O)C(C)c3c(C)nn(C)c3C)CC2)cn1. The van der Waals surface area contributed by atoms with Crippen LogP contribution in [0.1, 0.15) is 59.8 Å². The number of nitrogens with zero attached hydrogens (tertiary/aromatic N) is 4. The fourth-order valence-corrected chi connectivity index (χ4v) is 3.97. The lowest BCUT2D eigenvalue weighted by atomic mass is 9.89. The van der Waals surface area contributed by atoms with Crippen molar-refractivity contribution < 1.29 is 4.79 Å². The van der Waals surface area contributed by atoms with E-state index >= 15 is 0 Å². The highest BCUT2D eigenvalue weighted by Crippen LogP contribution is 2.30. The van der Waals surface area contributed by atoms with Crippen LogP contribution in [0.5, 0.6) is 0 Å². The summed E-state index contributed by atoms with van der Waals surface area (Å²) in [4.78, 5) is 19.4. The average Bonchev–Trinajstić information content (AvgIpc) is 2.87. The van der Waals surface area contributed by atoms with E-state index in [0.29, 0.717) is 5.92 Å².